The molecule has 1 fully saturated rings. The largest absolute Gasteiger partial charge is 0.371 e. The Bertz CT molecular complexity index is 845. The van der Waals surface area contributed by atoms with Crippen LogP contribution in [0, 0.1) is 6.92 Å². The number of benzene rings is 2. The number of aryl methyl sites for hydroxylation is 1. The minimum atomic E-state index is 0.0796. The first-order valence-corrected chi connectivity index (χ1v) is 9.02. The highest BCUT2D eigenvalue weighted by atomic mass is 16.5. The number of rotatable bonds is 4. The highest BCUT2D eigenvalue weighted by Gasteiger charge is 2.26. The molecule has 1 aliphatic rings. The van der Waals surface area contributed by atoms with Gasteiger partial charge in [-0.15, -0.1) is 0 Å². The predicted octanol–water partition coefficient (Wildman–Crippen LogP) is 4.18. The zero-order valence-corrected chi connectivity index (χ0v) is 15.1. The van der Waals surface area contributed by atoms with Crippen molar-refractivity contribution in [3.63, 3.8) is 0 Å². The molecule has 5 heteroatoms. The van der Waals surface area contributed by atoms with E-state index in [-0.39, 0.29) is 6.10 Å². The van der Waals surface area contributed by atoms with Crippen LogP contribution in [0.4, 0.5) is 0 Å². The zero-order chi connectivity index (χ0) is 17.9. The van der Waals surface area contributed by atoms with Gasteiger partial charge in [-0.1, -0.05) is 59.8 Å². The molecule has 2 heterocycles. The number of aromatic nitrogens is 2. The lowest BCUT2D eigenvalue weighted by molar-refractivity contribution is -0.0431. The Morgan fingerprint density at radius 3 is 2.54 bits per heavy atom. The van der Waals surface area contributed by atoms with Crippen LogP contribution < -0.4 is 0 Å². The van der Waals surface area contributed by atoms with Crippen molar-refractivity contribution in [1.82, 2.24) is 15.0 Å². The number of hydrogen-bond acceptors (Lipinski definition) is 5. The molecule has 3 aromatic rings. The second-order valence-corrected chi connectivity index (χ2v) is 6.70. The van der Waals surface area contributed by atoms with E-state index in [0.717, 1.165) is 25.3 Å². The SMILES string of the molecule is Cc1nc(-c2ccc(C3CN(C(C)c4ccccc4)CCO3)cc2)no1. The lowest BCUT2D eigenvalue weighted by Gasteiger charge is -2.37. The first-order chi connectivity index (χ1) is 12.7. The maximum atomic E-state index is 6.04. The molecule has 2 atom stereocenters. The minimum Gasteiger partial charge on any atom is -0.371 e. The monoisotopic (exact) mass is 349 g/mol. The van der Waals surface area contributed by atoms with E-state index in [1.165, 1.54) is 11.1 Å². The average molecular weight is 349 g/mol. The van der Waals surface area contributed by atoms with E-state index in [2.05, 4.69) is 64.4 Å². The van der Waals surface area contributed by atoms with E-state index >= 15 is 0 Å². The van der Waals surface area contributed by atoms with Crippen molar-refractivity contribution in [1.29, 1.82) is 0 Å². The Labute approximate surface area is 153 Å². The summed E-state index contributed by atoms with van der Waals surface area (Å²) in [5, 5.41) is 3.97. The molecule has 26 heavy (non-hydrogen) atoms. The second-order valence-electron chi connectivity index (χ2n) is 6.70. The molecular weight excluding hydrogens is 326 g/mol. The third kappa shape index (κ3) is 3.54. The third-order valence-corrected chi connectivity index (χ3v) is 5.00. The molecule has 0 amide bonds. The molecule has 5 nitrogen and oxygen atoms in total. The van der Waals surface area contributed by atoms with Crippen LogP contribution >= 0.6 is 0 Å². The molecule has 134 valence electrons. The van der Waals surface area contributed by atoms with Gasteiger partial charge < -0.3 is 9.26 Å². The highest BCUT2D eigenvalue weighted by molar-refractivity contribution is 5.54. The molecule has 0 N–H and O–H groups in total. The number of nitrogens with zero attached hydrogens (tertiary/aromatic N) is 3. The van der Waals surface area contributed by atoms with E-state index in [1.54, 1.807) is 6.92 Å². The minimum absolute atomic E-state index is 0.0796. The average Bonchev–Trinajstić information content (AvgIpc) is 3.15. The Kier molecular flexibility index (Phi) is 4.82. The third-order valence-electron chi connectivity index (χ3n) is 5.00. The lowest BCUT2D eigenvalue weighted by Crippen LogP contribution is -2.39. The normalized spacial score (nSPS) is 19.4. The van der Waals surface area contributed by atoms with Crippen LogP contribution in [-0.2, 0) is 4.74 Å². The van der Waals surface area contributed by atoms with Crippen LogP contribution in [0.3, 0.4) is 0 Å². The molecule has 0 radical (unpaired) electrons. The molecule has 2 unspecified atom stereocenters. The van der Waals surface area contributed by atoms with Crippen molar-refractivity contribution in [2.45, 2.75) is 26.0 Å². The van der Waals surface area contributed by atoms with E-state index < -0.39 is 0 Å². The van der Waals surface area contributed by atoms with Gasteiger partial charge in [0.2, 0.25) is 11.7 Å². The number of ether oxygens (including phenoxy) is 1. The predicted molar refractivity (Wildman–Crippen MR) is 99.6 cm³/mol. The van der Waals surface area contributed by atoms with Crippen molar-refractivity contribution in [2.24, 2.45) is 0 Å². The summed E-state index contributed by atoms with van der Waals surface area (Å²) in [6.45, 7) is 6.64. The van der Waals surface area contributed by atoms with Crippen molar-refractivity contribution < 1.29 is 9.26 Å². The Morgan fingerprint density at radius 1 is 1.08 bits per heavy atom. The van der Waals surface area contributed by atoms with Gasteiger partial charge in [0.05, 0.1) is 12.7 Å². The maximum absolute atomic E-state index is 6.04. The van der Waals surface area contributed by atoms with Crippen LogP contribution in [0.15, 0.2) is 59.1 Å². The van der Waals surface area contributed by atoms with Gasteiger partial charge in [0.1, 0.15) is 0 Å². The maximum Gasteiger partial charge on any atom is 0.223 e. The van der Waals surface area contributed by atoms with Crippen LogP contribution in [0.5, 0.6) is 0 Å². The Balaban J connectivity index is 1.47. The molecule has 0 saturated carbocycles. The summed E-state index contributed by atoms with van der Waals surface area (Å²) in [7, 11) is 0. The van der Waals surface area contributed by atoms with Gasteiger partial charge in [0.15, 0.2) is 0 Å². The van der Waals surface area contributed by atoms with Gasteiger partial charge in [0.25, 0.3) is 0 Å². The van der Waals surface area contributed by atoms with Crippen molar-refractivity contribution in [3.05, 3.63) is 71.6 Å². The summed E-state index contributed by atoms with van der Waals surface area (Å²) in [6.07, 6.45) is 0.0796. The standard InChI is InChI=1S/C21H23N3O2/c1-15(17-6-4-3-5-7-17)24-12-13-25-20(14-24)18-8-10-19(11-9-18)21-22-16(2)26-23-21/h3-11,15,20H,12-14H2,1-2H3. The van der Waals surface area contributed by atoms with Gasteiger partial charge >= 0.3 is 0 Å². The summed E-state index contributed by atoms with van der Waals surface area (Å²) in [6, 6.07) is 19.3. The fourth-order valence-corrected chi connectivity index (χ4v) is 3.43. The first kappa shape index (κ1) is 16.9. The van der Waals surface area contributed by atoms with E-state index in [1.807, 2.05) is 12.1 Å². The van der Waals surface area contributed by atoms with E-state index in [4.69, 9.17) is 9.26 Å². The quantitative estimate of drug-likeness (QED) is 0.707. The van der Waals surface area contributed by atoms with Gasteiger partial charge in [-0.05, 0) is 18.1 Å². The Hall–Kier alpha value is -2.50. The van der Waals surface area contributed by atoms with Crippen LogP contribution in [0.25, 0.3) is 11.4 Å². The molecule has 2 aromatic carbocycles. The van der Waals surface area contributed by atoms with Gasteiger partial charge in [-0.25, -0.2) is 0 Å². The number of hydrogen-bond donors (Lipinski definition) is 0. The summed E-state index contributed by atoms with van der Waals surface area (Å²) in [5.41, 5.74) is 3.48. The Morgan fingerprint density at radius 2 is 1.85 bits per heavy atom. The number of morpholine rings is 1. The highest BCUT2D eigenvalue weighted by Crippen LogP contribution is 2.29. The molecular formula is C21H23N3O2. The summed E-state index contributed by atoms with van der Waals surface area (Å²) in [5.74, 6) is 1.20. The van der Waals surface area contributed by atoms with Crippen molar-refractivity contribution in [2.75, 3.05) is 19.7 Å². The van der Waals surface area contributed by atoms with Crippen molar-refractivity contribution >= 4 is 0 Å². The summed E-state index contributed by atoms with van der Waals surface area (Å²) in [4.78, 5) is 6.76. The molecule has 1 aliphatic heterocycles. The molecule has 4 rings (SSSR count). The zero-order valence-electron chi connectivity index (χ0n) is 15.1. The first-order valence-electron chi connectivity index (χ1n) is 9.02. The van der Waals surface area contributed by atoms with E-state index in [9.17, 15) is 0 Å². The van der Waals surface area contributed by atoms with Crippen LogP contribution in [-0.4, -0.2) is 34.7 Å². The topological polar surface area (TPSA) is 51.4 Å². The van der Waals surface area contributed by atoms with Crippen LogP contribution in [0.2, 0.25) is 0 Å². The molecule has 0 aliphatic carbocycles. The van der Waals surface area contributed by atoms with Crippen LogP contribution in [0.1, 0.15) is 36.1 Å². The molecule has 0 bridgehead atoms. The van der Waals surface area contributed by atoms with Gasteiger partial charge in [-0.3, -0.25) is 4.90 Å². The summed E-state index contributed by atoms with van der Waals surface area (Å²) >= 11 is 0. The molecule has 0 spiro atoms. The van der Waals surface area contributed by atoms with Gasteiger partial charge in [-0.2, -0.15) is 4.98 Å². The second kappa shape index (κ2) is 7.40. The van der Waals surface area contributed by atoms with Gasteiger partial charge in [0, 0.05) is 31.6 Å². The lowest BCUT2D eigenvalue weighted by atomic mass is 10.0. The smallest absolute Gasteiger partial charge is 0.223 e. The molecule has 1 saturated heterocycles. The van der Waals surface area contributed by atoms with E-state index in [0.29, 0.717) is 17.8 Å². The van der Waals surface area contributed by atoms with Crippen molar-refractivity contribution in [3.8, 4) is 11.4 Å². The fourth-order valence-electron chi connectivity index (χ4n) is 3.43. The fraction of sp³-hybridized carbons (Fsp3) is 0.333. The molecule has 1 aromatic heterocycles. The summed E-state index contributed by atoms with van der Waals surface area (Å²) < 4.78 is 11.1.